The Hall–Kier alpha value is -3.02. The fourth-order valence-corrected chi connectivity index (χ4v) is 5.40. The molecule has 2 aromatic heterocycles. The molecule has 1 amide bonds. The van der Waals surface area contributed by atoms with Crippen molar-refractivity contribution in [2.75, 3.05) is 25.0 Å². The van der Waals surface area contributed by atoms with Crippen LogP contribution in [0.5, 0.6) is 0 Å². The van der Waals surface area contributed by atoms with Gasteiger partial charge in [0.1, 0.15) is 10.6 Å². The Kier molecular flexibility index (Phi) is 7.67. The van der Waals surface area contributed by atoms with Crippen molar-refractivity contribution in [3.05, 3.63) is 53.2 Å². The molecule has 0 fully saturated rings. The number of sulfonamides is 1. The lowest BCUT2D eigenvalue weighted by Gasteiger charge is -2.17. The van der Waals surface area contributed by atoms with Gasteiger partial charge in [0.15, 0.2) is 11.7 Å². The zero-order chi connectivity index (χ0) is 24.2. The lowest BCUT2D eigenvalue weighted by Crippen LogP contribution is -2.30. The van der Waals surface area contributed by atoms with Crippen molar-refractivity contribution in [1.29, 1.82) is 0 Å². The molecule has 0 aliphatic heterocycles. The van der Waals surface area contributed by atoms with E-state index in [0.29, 0.717) is 18.2 Å². The highest BCUT2D eigenvalue weighted by atomic mass is 32.2. The quantitative estimate of drug-likeness (QED) is 0.461. The van der Waals surface area contributed by atoms with E-state index in [1.165, 1.54) is 32.5 Å². The molecule has 0 saturated heterocycles. The van der Waals surface area contributed by atoms with Crippen molar-refractivity contribution in [3.8, 4) is 11.3 Å². The number of benzene rings is 1. The van der Waals surface area contributed by atoms with Crippen LogP contribution in [0.1, 0.15) is 29.9 Å². The highest BCUT2D eigenvalue weighted by Gasteiger charge is 2.26. The van der Waals surface area contributed by atoms with E-state index in [1.54, 1.807) is 20.9 Å². The second kappa shape index (κ2) is 10.3. The lowest BCUT2D eigenvalue weighted by molar-refractivity contribution is -0.119. The smallest absolute Gasteiger partial charge is 0.355 e. The third-order valence-corrected chi connectivity index (χ3v) is 7.74. The molecule has 11 heteroatoms. The summed E-state index contributed by atoms with van der Waals surface area (Å²) in [5.74, 6) is -1.34. The van der Waals surface area contributed by atoms with Gasteiger partial charge in [0.25, 0.3) is 5.91 Å². The fourth-order valence-electron chi connectivity index (χ4n) is 3.14. The number of carbonyl (C=O) groups excluding carboxylic acids is 2. The van der Waals surface area contributed by atoms with Crippen molar-refractivity contribution in [1.82, 2.24) is 13.9 Å². The van der Waals surface area contributed by atoms with Gasteiger partial charge in [0.2, 0.25) is 10.0 Å². The summed E-state index contributed by atoms with van der Waals surface area (Å²) in [6.45, 7) is 5.58. The number of anilines is 1. The average molecular weight is 491 g/mol. The van der Waals surface area contributed by atoms with E-state index in [1.807, 2.05) is 36.6 Å². The van der Waals surface area contributed by atoms with Gasteiger partial charge in [-0.3, -0.25) is 10.1 Å². The van der Waals surface area contributed by atoms with Crippen molar-refractivity contribution >= 4 is 38.4 Å². The summed E-state index contributed by atoms with van der Waals surface area (Å²) < 4.78 is 33.1. The third-order valence-electron chi connectivity index (χ3n) is 4.96. The molecule has 0 unspecified atom stereocenters. The first-order chi connectivity index (χ1) is 15.6. The van der Waals surface area contributed by atoms with E-state index in [0.717, 1.165) is 16.8 Å². The van der Waals surface area contributed by atoms with E-state index in [2.05, 4.69) is 10.3 Å². The maximum atomic E-state index is 12.7. The number of thiazole rings is 1. The molecule has 0 spiro atoms. The molecule has 33 heavy (non-hydrogen) atoms. The molecule has 0 aliphatic rings. The predicted molar refractivity (Wildman–Crippen MR) is 127 cm³/mol. The molecular weight excluding hydrogens is 464 g/mol. The number of carbonyl (C=O) groups is 2. The van der Waals surface area contributed by atoms with Crippen LogP contribution in [0.2, 0.25) is 0 Å². The average Bonchev–Trinajstić information content (AvgIpc) is 3.40. The normalized spacial score (nSPS) is 11.5. The van der Waals surface area contributed by atoms with E-state index in [9.17, 15) is 18.0 Å². The number of hydrogen-bond donors (Lipinski definition) is 1. The van der Waals surface area contributed by atoms with E-state index >= 15 is 0 Å². The number of aromatic nitrogens is 2. The number of aryl methyl sites for hydroxylation is 2. The molecule has 9 nitrogen and oxygen atoms in total. The van der Waals surface area contributed by atoms with E-state index < -0.39 is 28.5 Å². The lowest BCUT2D eigenvalue weighted by atomic mass is 10.1. The summed E-state index contributed by atoms with van der Waals surface area (Å²) >= 11 is 1.26. The zero-order valence-electron chi connectivity index (χ0n) is 18.9. The standard InChI is InChI=1S/C22H26N4O5S2/c1-5-26(6-2)33(29,30)17-11-19(25(4)12-17)21(28)31-13-20(27)24-22-23-18(14-32-22)16-9-7-15(3)8-10-16/h7-12,14H,5-6,13H2,1-4H3,(H,23,24,27). The summed E-state index contributed by atoms with van der Waals surface area (Å²) in [7, 11) is -2.17. The highest BCUT2D eigenvalue weighted by Crippen LogP contribution is 2.25. The monoisotopic (exact) mass is 490 g/mol. The second-order valence-electron chi connectivity index (χ2n) is 7.29. The number of nitrogens with one attached hydrogen (secondary N) is 1. The molecule has 3 rings (SSSR count). The summed E-state index contributed by atoms with van der Waals surface area (Å²) in [6, 6.07) is 9.12. The largest absolute Gasteiger partial charge is 0.451 e. The Labute approximate surface area is 197 Å². The summed E-state index contributed by atoms with van der Waals surface area (Å²) in [4.78, 5) is 29.0. The molecule has 0 radical (unpaired) electrons. The first-order valence-corrected chi connectivity index (χ1v) is 12.6. The van der Waals surface area contributed by atoms with Crippen LogP contribution in [0, 0.1) is 6.92 Å². The molecule has 0 atom stereocenters. The van der Waals surface area contributed by atoms with Gasteiger partial charge >= 0.3 is 5.97 Å². The minimum absolute atomic E-state index is 0.00322. The van der Waals surface area contributed by atoms with Gasteiger partial charge in [-0.1, -0.05) is 43.7 Å². The number of nitrogens with zero attached hydrogens (tertiary/aromatic N) is 3. The minimum Gasteiger partial charge on any atom is -0.451 e. The number of amides is 1. The predicted octanol–water partition coefficient (Wildman–Crippen LogP) is 3.28. The molecule has 0 bridgehead atoms. The number of esters is 1. The fraction of sp³-hybridized carbons (Fsp3) is 0.318. The second-order valence-corrected chi connectivity index (χ2v) is 10.1. The van der Waals surface area contributed by atoms with Gasteiger partial charge in [0.05, 0.1) is 5.69 Å². The summed E-state index contributed by atoms with van der Waals surface area (Å²) in [5.41, 5.74) is 2.84. The minimum atomic E-state index is -3.71. The maximum Gasteiger partial charge on any atom is 0.355 e. The molecule has 1 aromatic carbocycles. The van der Waals surface area contributed by atoms with Crippen LogP contribution in [-0.2, 0) is 26.6 Å². The Morgan fingerprint density at radius 1 is 1.18 bits per heavy atom. The Bertz CT molecular complexity index is 1240. The van der Waals surface area contributed by atoms with Crippen LogP contribution in [-0.4, -0.2) is 53.8 Å². The van der Waals surface area contributed by atoms with Crippen LogP contribution in [0.25, 0.3) is 11.3 Å². The summed E-state index contributed by atoms with van der Waals surface area (Å²) in [5, 5.41) is 4.82. The van der Waals surface area contributed by atoms with Crippen molar-refractivity contribution in [3.63, 3.8) is 0 Å². The van der Waals surface area contributed by atoms with Crippen molar-refractivity contribution in [2.24, 2.45) is 7.05 Å². The topological polar surface area (TPSA) is 111 Å². The van der Waals surface area contributed by atoms with Crippen molar-refractivity contribution in [2.45, 2.75) is 25.7 Å². The molecule has 0 saturated carbocycles. The molecule has 176 valence electrons. The Balaban J connectivity index is 1.61. The van der Waals surface area contributed by atoms with Gasteiger partial charge in [0, 0.05) is 37.3 Å². The van der Waals surface area contributed by atoms with Gasteiger partial charge in [-0.05, 0) is 13.0 Å². The first-order valence-electron chi connectivity index (χ1n) is 10.3. The number of hydrogen-bond acceptors (Lipinski definition) is 7. The number of rotatable bonds is 9. The molecular formula is C22H26N4O5S2. The Morgan fingerprint density at radius 3 is 2.48 bits per heavy atom. The SMILES string of the molecule is CCN(CC)S(=O)(=O)c1cc(C(=O)OCC(=O)Nc2nc(-c3ccc(C)cc3)cs2)n(C)c1. The number of ether oxygens (including phenoxy) is 1. The maximum absolute atomic E-state index is 12.7. The Morgan fingerprint density at radius 2 is 1.85 bits per heavy atom. The highest BCUT2D eigenvalue weighted by molar-refractivity contribution is 7.89. The van der Waals surface area contributed by atoms with Gasteiger partial charge < -0.3 is 9.30 Å². The first kappa shape index (κ1) is 24.6. The van der Waals surface area contributed by atoms with Crippen LogP contribution in [0.3, 0.4) is 0 Å². The summed E-state index contributed by atoms with van der Waals surface area (Å²) in [6.07, 6.45) is 1.35. The van der Waals surface area contributed by atoms with Gasteiger partial charge in [-0.15, -0.1) is 11.3 Å². The van der Waals surface area contributed by atoms with Gasteiger partial charge in [-0.25, -0.2) is 18.2 Å². The van der Waals surface area contributed by atoms with Crippen LogP contribution < -0.4 is 5.32 Å². The molecule has 3 aromatic rings. The van der Waals surface area contributed by atoms with E-state index in [4.69, 9.17) is 4.74 Å². The third kappa shape index (κ3) is 5.67. The van der Waals surface area contributed by atoms with E-state index in [-0.39, 0.29) is 10.6 Å². The van der Waals surface area contributed by atoms with Crippen LogP contribution in [0.15, 0.2) is 46.8 Å². The molecule has 1 N–H and O–H groups in total. The van der Waals surface area contributed by atoms with Crippen LogP contribution >= 0.6 is 11.3 Å². The molecule has 2 heterocycles. The van der Waals surface area contributed by atoms with Crippen molar-refractivity contribution < 1.29 is 22.7 Å². The van der Waals surface area contributed by atoms with Crippen LogP contribution in [0.4, 0.5) is 5.13 Å². The van der Waals surface area contributed by atoms with Gasteiger partial charge in [-0.2, -0.15) is 4.31 Å². The zero-order valence-corrected chi connectivity index (χ0v) is 20.5. The molecule has 0 aliphatic carbocycles.